The molecule has 0 fully saturated rings. The first-order chi connectivity index (χ1) is 9.13. The van der Waals surface area contributed by atoms with Gasteiger partial charge in [-0.25, -0.2) is 0 Å². The quantitative estimate of drug-likeness (QED) is 0.842. The van der Waals surface area contributed by atoms with Gasteiger partial charge in [-0.3, -0.25) is 4.79 Å². The summed E-state index contributed by atoms with van der Waals surface area (Å²) in [5, 5.41) is 4.92. The topological polar surface area (TPSA) is 55.1 Å². The normalized spacial score (nSPS) is 10.4. The first-order valence-corrected chi connectivity index (χ1v) is 7.20. The van der Waals surface area contributed by atoms with Crippen LogP contribution < -0.4 is 11.1 Å². The van der Waals surface area contributed by atoms with Crippen molar-refractivity contribution in [2.75, 3.05) is 5.73 Å². The molecule has 0 spiro atoms. The van der Waals surface area contributed by atoms with Gasteiger partial charge in [-0.2, -0.15) is 0 Å². The van der Waals surface area contributed by atoms with Gasteiger partial charge >= 0.3 is 0 Å². The molecule has 4 heteroatoms. The second-order valence-electron chi connectivity index (χ2n) is 4.44. The zero-order valence-corrected chi connectivity index (χ0v) is 12.0. The van der Waals surface area contributed by atoms with E-state index in [0.29, 0.717) is 6.54 Å². The summed E-state index contributed by atoms with van der Waals surface area (Å²) in [6.07, 6.45) is 0.879. The van der Waals surface area contributed by atoms with Crippen molar-refractivity contribution in [1.82, 2.24) is 5.32 Å². The van der Waals surface area contributed by atoms with Crippen LogP contribution in [0.25, 0.3) is 0 Å². The molecule has 2 aromatic rings. The number of nitrogen functional groups attached to an aromatic ring is 1. The van der Waals surface area contributed by atoms with E-state index in [1.54, 1.807) is 0 Å². The predicted molar refractivity (Wildman–Crippen MR) is 80.5 cm³/mol. The Bertz CT molecular complexity index is 590. The number of carbonyl (C=O) groups is 1. The van der Waals surface area contributed by atoms with Gasteiger partial charge in [0.2, 0.25) is 0 Å². The third-order valence-electron chi connectivity index (χ3n) is 3.26. The van der Waals surface area contributed by atoms with Gasteiger partial charge in [0.1, 0.15) is 0 Å². The lowest BCUT2D eigenvalue weighted by Crippen LogP contribution is -2.23. The van der Waals surface area contributed by atoms with Crippen molar-refractivity contribution in [2.24, 2.45) is 0 Å². The second-order valence-corrected chi connectivity index (χ2v) is 5.36. The molecule has 1 aromatic heterocycles. The van der Waals surface area contributed by atoms with E-state index in [9.17, 15) is 4.79 Å². The van der Waals surface area contributed by atoms with Gasteiger partial charge in [-0.1, -0.05) is 19.1 Å². The zero-order chi connectivity index (χ0) is 13.8. The van der Waals surface area contributed by atoms with E-state index in [2.05, 4.69) is 12.2 Å². The van der Waals surface area contributed by atoms with Crippen molar-refractivity contribution < 1.29 is 4.79 Å². The molecular weight excluding hydrogens is 256 g/mol. The van der Waals surface area contributed by atoms with Crippen LogP contribution in [-0.4, -0.2) is 5.91 Å². The minimum Gasteiger partial charge on any atom is -0.399 e. The summed E-state index contributed by atoms with van der Waals surface area (Å²) in [7, 11) is 0. The molecule has 2 rings (SSSR count). The third-order valence-corrected chi connectivity index (χ3v) is 4.22. The first-order valence-electron chi connectivity index (χ1n) is 6.32. The maximum Gasteiger partial charge on any atom is 0.261 e. The van der Waals surface area contributed by atoms with Gasteiger partial charge in [0, 0.05) is 12.2 Å². The molecule has 1 aromatic carbocycles. The van der Waals surface area contributed by atoms with Crippen LogP contribution in [0, 0.1) is 6.92 Å². The summed E-state index contributed by atoms with van der Waals surface area (Å²) in [4.78, 5) is 12.9. The smallest absolute Gasteiger partial charge is 0.261 e. The van der Waals surface area contributed by atoms with Crippen molar-refractivity contribution in [3.63, 3.8) is 0 Å². The van der Waals surface area contributed by atoms with Crippen LogP contribution >= 0.6 is 11.3 Å². The van der Waals surface area contributed by atoms with E-state index < -0.39 is 0 Å². The molecule has 0 unspecified atom stereocenters. The molecule has 0 saturated carbocycles. The van der Waals surface area contributed by atoms with E-state index in [4.69, 9.17) is 5.73 Å². The summed E-state index contributed by atoms with van der Waals surface area (Å²) >= 11 is 1.49. The van der Waals surface area contributed by atoms with Crippen LogP contribution in [0.2, 0.25) is 0 Å². The average molecular weight is 274 g/mol. The molecule has 3 nitrogen and oxygen atoms in total. The highest BCUT2D eigenvalue weighted by Gasteiger charge is 2.12. The Hall–Kier alpha value is -1.81. The number of rotatable bonds is 4. The Labute approximate surface area is 117 Å². The average Bonchev–Trinajstić information content (AvgIpc) is 2.88. The molecule has 1 amide bonds. The van der Waals surface area contributed by atoms with Crippen molar-refractivity contribution >= 4 is 22.9 Å². The number of benzene rings is 1. The predicted octanol–water partition coefficient (Wildman–Crippen LogP) is 3.13. The molecule has 0 saturated heterocycles. The number of thiophene rings is 1. The molecule has 0 aliphatic rings. The van der Waals surface area contributed by atoms with Crippen LogP contribution in [0.15, 0.2) is 29.6 Å². The SMILES string of the molecule is CCc1ccsc1C(=O)NCc1cccc(N)c1C. The van der Waals surface area contributed by atoms with E-state index in [0.717, 1.165) is 33.7 Å². The Balaban J connectivity index is 2.07. The molecule has 1 heterocycles. The summed E-state index contributed by atoms with van der Waals surface area (Å²) in [5.74, 6) is -0.00586. The van der Waals surface area contributed by atoms with Crippen LogP contribution in [0.3, 0.4) is 0 Å². The number of amides is 1. The fourth-order valence-electron chi connectivity index (χ4n) is 1.96. The van der Waals surface area contributed by atoms with Crippen molar-refractivity contribution in [1.29, 1.82) is 0 Å². The number of anilines is 1. The van der Waals surface area contributed by atoms with Crippen molar-refractivity contribution in [2.45, 2.75) is 26.8 Å². The van der Waals surface area contributed by atoms with E-state index in [1.807, 2.05) is 36.6 Å². The highest BCUT2D eigenvalue weighted by Crippen LogP contribution is 2.18. The number of nitrogens with one attached hydrogen (secondary N) is 1. The van der Waals surface area contributed by atoms with Gasteiger partial charge in [0.05, 0.1) is 4.88 Å². The molecule has 0 aliphatic carbocycles. The molecule has 0 bridgehead atoms. The summed E-state index contributed by atoms with van der Waals surface area (Å²) < 4.78 is 0. The molecule has 0 radical (unpaired) electrons. The van der Waals surface area contributed by atoms with Crippen LogP contribution in [0.1, 0.15) is 33.3 Å². The fraction of sp³-hybridized carbons (Fsp3) is 0.267. The van der Waals surface area contributed by atoms with E-state index >= 15 is 0 Å². The number of nitrogens with two attached hydrogens (primary N) is 1. The third kappa shape index (κ3) is 2.96. The minimum atomic E-state index is -0.00586. The molecule has 0 aliphatic heterocycles. The standard InChI is InChI=1S/C15H18N2OS/c1-3-11-7-8-19-14(11)15(18)17-9-12-5-4-6-13(16)10(12)2/h4-8H,3,9,16H2,1-2H3,(H,17,18). The number of hydrogen-bond donors (Lipinski definition) is 2. The molecule has 19 heavy (non-hydrogen) atoms. The fourth-order valence-corrected chi connectivity index (χ4v) is 2.88. The van der Waals surface area contributed by atoms with Gasteiger partial charge in [0.25, 0.3) is 5.91 Å². The number of carbonyl (C=O) groups excluding carboxylic acids is 1. The summed E-state index contributed by atoms with van der Waals surface area (Å²) in [5.41, 5.74) is 9.81. The van der Waals surface area contributed by atoms with E-state index in [-0.39, 0.29) is 5.91 Å². The maximum absolute atomic E-state index is 12.1. The maximum atomic E-state index is 12.1. The van der Waals surface area contributed by atoms with Crippen LogP contribution in [0.5, 0.6) is 0 Å². The lowest BCUT2D eigenvalue weighted by Gasteiger charge is -2.09. The second kappa shape index (κ2) is 5.89. The largest absolute Gasteiger partial charge is 0.399 e. The zero-order valence-electron chi connectivity index (χ0n) is 11.2. The van der Waals surface area contributed by atoms with Gasteiger partial charge in [-0.05, 0) is 47.5 Å². The highest BCUT2D eigenvalue weighted by molar-refractivity contribution is 7.12. The lowest BCUT2D eigenvalue weighted by molar-refractivity contribution is 0.0954. The monoisotopic (exact) mass is 274 g/mol. The van der Waals surface area contributed by atoms with Crippen LogP contribution in [0.4, 0.5) is 5.69 Å². The number of aryl methyl sites for hydroxylation is 1. The number of hydrogen-bond acceptors (Lipinski definition) is 3. The Morgan fingerprint density at radius 1 is 1.32 bits per heavy atom. The van der Waals surface area contributed by atoms with Crippen molar-refractivity contribution in [3.05, 3.63) is 51.2 Å². The van der Waals surface area contributed by atoms with Gasteiger partial charge in [0.15, 0.2) is 0 Å². The lowest BCUT2D eigenvalue weighted by atomic mass is 10.1. The first kappa shape index (κ1) is 13.6. The van der Waals surface area contributed by atoms with Crippen molar-refractivity contribution in [3.8, 4) is 0 Å². The molecule has 0 atom stereocenters. The Morgan fingerprint density at radius 3 is 2.84 bits per heavy atom. The molecule has 100 valence electrons. The van der Waals surface area contributed by atoms with Gasteiger partial charge in [-0.15, -0.1) is 11.3 Å². The minimum absolute atomic E-state index is 0.00586. The van der Waals surface area contributed by atoms with Crippen LogP contribution in [-0.2, 0) is 13.0 Å². The van der Waals surface area contributed by atoms with Gasteiger partial charge < -0.3 is 11.1 Å². The Morgan fingerprint density at radius 2 is 2.11 bits per heavy atom. The highest BCUT2D eigenvalue weighted by atomic mass is 32.1. The Kier molecular flexibility index (Phi) is 4.22. The summed E-state index contributed by atoms with van der Waals surface area (Å²) in [6.45, 7) is 4.54. The van der Waals surface area contributed by atoms with E-state index in [1.165, 1.54) is 11.3 Å². The molecular formula is C15H18N2OS. The summed E-state index contributed by atoms with van der Waals surface area (Å²) in [6, 6.07) is 7.77. The molecule has 3 N–H and O–H groups in total.